The molecule has 0 saturated carbocycles. The van der Waals surface area contributed by atoms with Gasteiger partial charge >= 0.3 is 5.97 Å². The van der Waals surface area contributed by atoms with Crippen LogP contribution in [0.1, 0.15) is 12.5 Å². The van der Waals surface area contributed by atoms with Gasteiger partial charge in [0.2, 0.25) is 12.2 Å². The predicted molar refractivity (Wildman–Crippen MR) is 109 cm³/mol. The Kier molecular flexibility index (Phi) is 7.41. The molecule has 1 unspecified atom stereocenters. The van der Waals surface area contributed by atoms with Crippen LogP contribution in [0.15, 0.2) is 42.5 Å². The number of carbonyl (C=O) groups excluding carboxylic acids is 1. The van der Waals surface area contributed by atoms with Crippen molar-refractivity contribution in [1.29, 1.82) is 0 Å². The highest BCUT2D eigenvalue weighted by Crippen LogP contribution is 2.31. The number of benzene rings is 2. The second-order valence-electron chi connectivity index (χ2n) is 7.42. The lowest BCUT2D eigenvalue weighted by molar-refractivity contribution is -0.271. The van der Waals surface area contributed by atoms with Gasteiger partial charge in [-0.2, -0.15) is 0 Å². The summed E-state index contributed by atoms with van der Waals surface area (Å²) in [6, 6.07) is 10.6. The van der Waals surface area contributed by atoms with Crippen LogP contribution in [0, 0.1) is 5.82 Å². The quantitative estimate of drug-likeness (QED) is 0.410. The van der Waals surface area contributed by atoms with E-state index in [1.54, 1.807) is 24.3 Å². The first-order valence-electron chi connectivity index (χ1n) is 9.90. The largest absolute Gasteiger partial charge is 0.479 e. The standard InChI is InChI=1S/C22H24FNO8/c1-11(25)24-8-7-12-5-6-15(10-16(12)13-3-2-4-14(23)9-13)31-22-19(28)17(26)18(27)20(32-22)21(29)30/h2-6,9-10,17-20,22,26-28H,7-8H2,1H3,(H,24,25)(H,29,30)/t17-,18-,19+,20-,22?/m0/s1. The van der Waals surface area contributed by atoms with E-state index < -0.39 is 42.5 Å². The first-order chi connectivity index (χ1) is 15.2. The Balaban J connectivity index is 1.89. The Bertz CT molecular complexity index is 984. The van der Waals surface area contributed by atoms with Gasteiger partial charge in [0.25, 0.3) is 0 Å². The number of carboxylic acids is 1. The van der Waals surface area contributed by atoms with Crippen molar-refractivity contribution in [1.82, 2.24) is 5.32 Å². The monoisotopic (exact) mass is 449 g/mol. The van der Waals surface area contributed by atoms with Gasteiger partial charge in [-0.15, -0.1) is 0 Å². The maximum atomic E-state index is 13.8. The number of hydrogen-bond acceptors (Lipinski definition) is 7. The molecular formula is C22H24FNO8. The molecule has 1 fully saturated rings. The molecule has 0 aliphatic carbocycles. The zero-order chi connectivity index (χ0) is 23.4. The third-order valence-electron chi connectivity index (χ3n) is 5.05. The first-order valence-corrected chi connectivity index (χ1v) is 9.90. The minimum Gasteiger partial charge on any atom is -0.479 e. The molecule has 0 radical (unpaired) electrons. The van der Waals surface area contributed by atoms with E-state index in [2.05, 4.69) is 5.32 Å². The Labute approximate surface area is 183 Å². The predicted octanol–water partition coefficient (Wildman–Crippen LogP) is 0.442. The molecular weight excluding hydrogens is 425 g/mol. The minimum atomic E-state index is -1.83. The molecule has 9 nitrogen and oxygen atoms in total. The molecule has 5 N–H and O–H groups in total. The molecule has 32 heavy (non-hydrogen) atoms. The number of ether oxygens (including phenoxy) is 2. The topological polar surface area (TPSA) is 146 Å². The average Bonchev–Trinajstić information content (AvgIpc) is 2.74. The van der Waals surface area contributed by atoms with Crippen molar-refractivity contribution in [3.05, 3.63) is 53.8 Å². The van der Waals surface area contributed by atoms with E-state index in [1.807, 2.05) is 0 Å². The smallest absolute Gasteiger partial charge is 0.335 e. The van der Waals surface area contributed by atoms with Crippen molar-refractivity contribution in [3.63, 3.8) is 0 Å². The number of carbonyl (C=O) groups is 2. The highest BCUT2D eigenvalue weighted by molar-refractivity contribution is 5.74. The van der Waals surface area contributed by atoms with E-state index in [0.717, 1.165) is 5.56 Å². The molecule has 0 bridgehead atoms. The number of rotatable bonds is 7. The summed E-state index contributed by atoms with van der Waals surface area (Å²) in [7, 11) is 0. The highest BCUT2D eigenvalue weighted by Gasteiger charge is 2.48. The zero-order valence-corrected chi connectivity index (χ0v) is 17.1. The van der Waals surface area contributed by atoms with Gasteiger partial charge in [-0.3, -0.25) is 4.79 Å². The number of aliphatic carboxylic acids is 1. The summed E-state index contributed by atoms with van der Waals surface area (Å²) in [4.78, 5) is 22.4. The summed E-state index contributed by atoms with van der Waals surface area (Å²) in [5, 5.41) is 41.8. The lowest BCUT2D eigenvalue weighted by atomic mass is 9.97. The number of halogens is 1. The van der Waals surface area contributed by atoms with E-state index in [9.17, 15) is 34.4 Å². The van der Waals surface area contributed by atoms with Crippen LogP contribution in [0.25, 0.3) is 11.1 Å². The molecule has 1 heterocycles. The first kappa shape index (κ1) is 23.6. The summed E-state index contributed by atoms with van der Waals surface area (Å²) >= 11 is 0. The summed E-state index contributed by atoms with van der Waals surface area (Å²) in [6.07, 6.45) is -8.26. The molecule has 10 heteroatoms. The molecule has 0 aromatic heterocycles. The van der Waals surface area contributed by atoms with Crippen LogP contribution >= 0.6 is 0 Å². The molecule has 2 aromatic carbocycles. The van der Waals surface area contributed by atoms with E-state index >= 15 is 0 Å². The summed E-state index contributed by atoms with van der Waals surface area (Å²) in [5.74, 6) is -2.00. The normalized spacial score (nSPS) is 25.2. The SMILES string of the molecule is CC(=O)NCCc1ccc(OC2O[C@H](C(=O)O)[C@@H](O)[C@H](O)[C@H]2O)cc1-c1cccc(F)c1. The molecule has 2 aromatic rings. The van der Waals surface area contributed by atoms with Gasteiger partial charge < -0.3 is 35.2 Å². The van der Waals surface area contributed by atoms with Crippen LogP contribution in [-0.2, 0) is 20.7 Å². The molecule has 3 rings (SSSR count). The second kappa shape index (κ2) is 10.0. The van der Waals surface area contributed by atoms with Crippen molar-refractivity contribution >= 4 is 11.9 Å². The lowest BCUT2D eigenvalue weighted by Gasteiger charge is -2.38. The van der Waals surface area contributed by atoms with Crippen molar-refractivity contribution in [2.24, 2.45) is 0 Å². The van der Waals surface area contributed by atoms with Crippen LogP contribution in [0.2, 0.25) is 0 Å². The van der Waals surface area contributed by atoms with Crippen LogP contribution in [0.4, 0.5) is 4.39 Å². The van der Waals surface area contributed by atoms with Gasteiger partial charge in [0, 0.05) is 13.5 Å². The van der Waals surface area contributed by atoms with Gasteiger partial charge in [-0.1, -0.05) is 18.2 Å². The molecule has 1 aliphatic rings. The Morgan fingerprint density at radius 2 is 1.84 bits per heavy atom. The van der Waals surface area contributed by atoms with Crippen molar-refractivity contribution in [3.8, 4) is 16.9 Å². The number of carboxylic acid groups (broad SMARTS) is 1. The average molecular weight is 449 g/mol. The number of aliphatic hydroxyl groups excluding tert-OH is 3. The second-order valence-corrected chi connectivity index (χ2v) is 7.42. The Morgan fingerprint density at radius 3 is 2.50 bits per heavy atom. The van der Waals surface area contributed by atoms with Crippen molar-refractivity contribution < 1.29 is 43.9 Å². The highest BCUT2D eigenvalue weighted by atomic mass is 19.1. The Morgan fingerprint density at radius 1 is 1.09 bits per heavy atom. The summed E-state index contributed by atoms with van der Waals surface area (Å²) in [5.41, 5.74) is 1.91. The van der Waals surface area contributed by atoms with Gasteiger partial charge in [0.1, 0.15) is 29.9 Å². The van der Waals surface area contributed by atoms with E-state index in [4.69, 9.17) is 9.47 Å². The number of hydrogen-bond donors (Lipinski definition) is 5. The molecule has 0 spiro atoms. The van der Waals surface area contributed by atoms with Gasteiger partial charge in [0.15, 0.2) is 6.10 Å². The van der Waals surface area contributed by atoms with Crippen molar-refractivity contribution in [2.75, 3.05) is 6.54 Å². The van der Waals surface area contributed by atoms with E-state index in [-0.39, 0.29) is 11.7 Å². The van der Waals surface area contributed by atoms with Gasteiger partial charge in [-0.05, 0) is 47.4 Å². The minimum absolute atomic E-state index is 0.157. The fraction of sp³-hybridized carbons (Fsp3) is 0.364. The molecule has 5 atom stereocenters. The molecule has 1 aliphatic heterocycles. The number of amides is 1. The maximum absolute atomic E-state index is 13.8. The molecule has 1 amide bonds. The number of nitrogens with one attached hydrogen (secondary N) is 1. The van der Waals surface area contributed by atoms with Crippen molar-refractivity contribution in [2.45, 2.75) is 44.1 Å². The van der Waals surface area contributed by atoms with E-state index in [1.165, 1.54) is 25.1 Å². The van der Waals surface area contributed by atoms with Crippen LogP contribution < -0.4 is 10.1 Å². The van der Waals surface area contributed by atoms with Crippen LogP contribution in [0.3, 0.4) is 0 Å². The summed E-state index contributed by atoms with van der Waals surface area (Å²) < 4.78 is 24.5. The van der Waals surface area contributed by atoms with Crippen LogP contribution in [-0.4, -0.2) is 69.6 Å². The van der Waals surface area contributed by atoms with Gasteiger partial charge in [0.05, 0.1) is 0 Å². The molecule has 172 valence electrons. The van der Waals surface area contributed by atoms with E-state index in [0.29, 0.717) is 24.1 Å². The maximum Gasteiger partial charge on any atom is 0.335 e. The molecule has 1 saturated heterocycles. The van der Waals surface area contributed by atoms with Crippen LogP contribution in [0.5, 0.6) is 5.75 Å². The third-order valence-corrected chi connectivity index (χ3v) is 5.05. The fourth-order valence-corrected chi connectivity index (χ4v) is 3.43. The summed E-state index contributed by atoms with van der Waals surface area (Å²) in [6.45, 7) is 1.75. The third kappa shape index (κ3) is 5.40. The van der Waals surface area contributed by atoms with Gasteiger partial charge in [-0.25, -0.2) is 9.18 Å². The zero-order valence-electron chi connectivity index (χ0n) is 17.1. The Hall–Kier alpha value is -3.05. The lowest BCUT2D eigenvalue weighted by Crippen LogP contribution is -2.61. The fourth-order valence-electron chi connectivity index (χ4n) is 3.43. The number of aliphatic hydroxyl groups is 3.